The first-order valence-corrected chi connectivity index (χ1v) is 7.15. The Labute approximate surface area is 128 Å². The first-order chi connectivity index (χ1) is 10.1. The van der Waals surface area contributed by atoms with Gasteiger partial charge in [-0.05, 0) is 48.9 Å². The van der Waals surface area contributed by atoms with Crippen LogP contribution in [0.25, 0.3) is 10.9 Å². The Morgan fingerprint density at radius 2 is 1.81 bits per heavy atom. The highest BCUT2D eigenvalue weighted by Crippen LogP contribution is 2.18. The zero-order chi connectivity index (χ0) is 14.8. The minimum atomic E-state index is 0.0758. The third kappa shape index (κ3) is 2.96. The van der Waals surface area contributed by atoms with E-state index in [1.807, 2.05) is 37.3 Å². The van der Waals surface area contributed by atoms with Crippen LogP contribution < -0.4 is 0 Å². The molecule has 0 aliphatic heterocycles. The number of aryl methyl sites for hydroxylation is 1. The second kappa shape index (κ2) is 5.66. The smallest absolute Gasteiger partial charge is 0.167 e. The van der Waals surface area contributed by atoms with E-state index < -0.39 is 0 Å². The van der Waals surface area contributed by atoms with E-state index in [1.165, 1.54) is 0 Å². The summed E-state index contributed by atoms with van der Waals surface area (Å²) in [5.41, 5.74) is 3.49. The van der Waals surface area contributed by atoms with Gasteiger partial charge in [-0.15, -0.1) is 0 Å². The number of hydrogen-bond acceptors (Lipinski definition) is 2. The van der Waals surface area contributed by atoms with Gasteiger partial charge in [0.25, 0.3) is 0 Å². The van der Waals surface area contributed by atoms with Crippen molar-refractivity contribution >= 4 is 28.3 Å². The zero-order valence-corrected chi connectivity index (χ0v) is 12.4. The zero-order valence-electron chi connectivity index (χ0n) is 11.6. The van der Waals surface area contributed by atoms with Crippen LogP contribution in [0.4, 0.5) is 0 Å². The molecule has 0 atom stereocenters. The van der Waals surface area contributed by atoms with Gasteiger partial charge in [-0.25, -0.2) is 0 Å². The Hall–Kier alpha value is -2.19. The molecule has 0 N–H and O–H groups in total. The standard InChI is InChI=1S/C18H14ClNO/c1-12-15(10-14-4-2-3-5-17(14)20-12)11-18(21)13-6-8-16(19)9-7-13/h2-10H,11H2,1H3. The average Bonchev–Trinajstić information content (AvgIpc) is 2.48. The molecule has 0 saturated heterocycles. The van der Waals surface area contributed by atoms with E-state index in [0.29, 0.717) is 17.0 Å². The van der Waals surface area contributed by atoms with Gasteiger partial charge in [0.15, 0.2) is 5.78 Å². The molecule has 0 amide bonds. The minimum absolute atomic E-state index is 0.0758. The van der Waals surface area contributed by atoms with E-state index in [9.17, 15) is 4.79 Å². The molecular weight excluding hydrogens is 282 g/mol. The van der Waals surface area contributed by atoms with E-state index in [1.54, 1.807) is 24.3 Å². The molecule has 2 nitrogen and oxygen atoms in total. The molecule has 0 bridgehead atoms. The van der Waals surface area contributed by atoms with Crippen molar-refractivity contribution in [3.05, 3.63) is 76.4 Å². The Morgan fingerprint density at radius 3 is 2.57 bits per heavy atom. The summed E-state index contributed by atoms with van der Waals surface area (Å²) in [5, 5.41) is 1.69. The number of halogens is 1. The number of aromatic nitrogens is 1. The Bertz CT molecular complexity index is 809. The molecule has 3 heteroatoms. The quantitative estimate of drug-likeness (QED) is 0.660. The summed E-state index contributed by atoms with van der Waals surface area (Å²) >= 11 is 5.85. The predicted octanol–water partition coefficient (Wildman–Crippen LogP) is 4.62. The molecule has 3 rings (SSSR count). The van der Waals surface area contributed by atoms with Gasteiger partial charge in [0, 0.05) is 28.1 Å². The van der Waals surface area contributed by atoms with Crippen LogP contribution in [0.5, 0.6) is 0 Å². The summed E-state index contributed by atoms with van der Waals surface area (Å²) in [4.78, 5) is 16.9. The number of pyridine rings is 1. The second-order valence-electron chi connectivity index (χ2n) is 5.03. The molecule has 1 heterocycles. The van der Waals surface area contributed by atoms with Crippen molar-refractivity contribution in [2.24, 2.45) is 0 Å². The van der Waals surface area contributed by atoms with Crippen LogP contribution >= 0.6 is 11.6 Å². The molecule has 21 heavy (non-hydrogen) atoms. The highest BCUT2D eigenvalue weighted by Gasteiger charge is 2.10. The fourth-order valence-corrected chi connectivity index (χ4v) is 2.47. The third-order valence-corrected chi connectivity index (χ3v) is 3.79. The van der Waals surface area contributed by atoms with Crippen molar-refractivity contribution in [2.75, 3.05) is 0 Å². The van der Waals surface area contributed by atoms with Crippen LogP contribution in [0.2, 0.25) is 5.02 Å². The first-order valence-electron chi connectivity index (χ1n) is 6.77. The number of Topliss-reactive ketones (excluding diaryl/α,β-unsaturated/α-hetero) is 1. The highest BCUT2D eigenvalue weighted by molar-refractivity contribution is 6.30. The summed E-state index contributed by atoms with van der Waals surface area (Å²) in [5.74, 6) is 0.0758. The maximum absolute atomic E-state index is 12.3. The molecule has 1 aromatic heterocycles. The van der Waals surface area contributed by atoms with Gasteiger partial charge in [-0.1, -0.05) is 29.8 Å². The summed E-state index contributed by atoms with van der Waals surface area (Å²) in [6, 6.07) is 17.0. The van der Waals surface area contributed by atoms with E-state index in [0.717, 1.165) is 22.2 Å². The van der Waals surface area contributed by atoms with Crippen LogP contribution in [0.3, 0.4) is 0 Å². The minimum Gasteiger partial charge on any atom is -0.294 e. The van der Waals surface area contributed by atoms with Crippen molar-refractivity contribution in [3.8, 4) is 0 Å². The summed E-state index contributed by atoms with van der Waals surface area (Å²) in [6.45, 7) is 1.94. The van der Waals surface area contributed by atoms with Crippen molar-refractivity contribution in [3.63, 3.8) is 0 Å². The van der Waals surface area contributed by atoms with Crippen molar-refractivity contribution < 1.29 is 4.79 Å². The average molecular weight is 296 g/mol. The molecule has 0 unspecified atom stereocenters. The van der Waals surface area contributed by atoms with Crippen molar-refractivity contribution in [2.45, 2.75) is 13.3 Å². The monoisotopic (exact) mass is 295 g/mol. The SMILES string of the molecule is Cc1nc2ccccc2cc1CC(=O)c1ccc(Cl)cc1. The van der Waals surface area contributed by atoms with Crippen LogP contribution in [0.1, 0.15) is 21.6 Å². The lowest BCUT2D eigenvalue weighted by atomic mass is 10.0. The lowest BCUT2D eigenvalue weighted by molar-refractivity contribution is 0.0992. The summed E-state index contributed by atoms with van der Waals surface area (Å²) in [7, 11) is 0. The van der Waals surface area contributed by atoms with Gasteiger partial charge in [-0.3, -0.25) is 9.78 Å². The van der Waals surface area contributed by atoms with E-state index in [-0.39, 0.29) is 5.78 Å². The topological polar surface area (TPSA) is 30.0 Å². The number of nitrogens with zero attached hydrogens (tertiary/aromatic N) is 1. The van der Waals surface area contributed by atoms with E-state index >= 15 is 0 Å². The number of rotatable bonds is 3. The third-order valence-electron chi connectivity index (χ3n) is 3.54. The number of hydrogen-bond donors (Lipinski definition) is 0. The van der Waals surface area contributed by atoms with Gasteiger partial charge >= 0.3 is 0 Å². The molecule has 0 aliphatic rings. The summed E-state index contributed by atoms with van der Waals surface area (Å²) in [6.07, 6.45) is 0.352. The van der Waals surface area contributed by atoms with E-state index in [4.69, 9.17) is 11.6 Å². The molecule has 0 aliphatic carbocycles. The maximum atomic E-state index is 12.3. The predicted molar refractivity (Wildman–Crippen MR) is 86.0 cm³/mol. The Kier molecular flexibility index (Phi) is 3.72. The number of para-hydroxylation sites is 1. The molecule has 0 spiro atoms. The van der Waals surface area contributed by atoms with Gasteiger partial charge < -0.3 is 0 Å². The highest BCUT2D eigenvalue weighted by atomic mass is 35.5. The fraction of sp³-hybridized carbons (Fsp3) is 0.111. The van der Waals surface area contributed by atoms with Crippen molar-refractivity contribution in [1.29, 1.82) is 0 Å². The molecule has 0 radical (unpaired) electrons. The van der Waals surface area contributed by atoms with Gasteiger partial charge in [-0.2, -0.15) is 0 Å². The number of ketones is 1. The molecule has 104 valence electrons. The molecule has 0 saturated carbocycles. The van der Waals surface area contributed by atoms with Crippen LogP contribution in [0.15, 0.2) is 54.6 Å². The number of fused-ring (bicyclic) bond motifs is 1. The Balaban J connectivity index is 1.92. The van der Waals surface area contributed by atoms with E-state index in [2.05, 4.69) is 4.98 Å². The maximum Gasteiger partial charge on any atom is 0.167 e. The molecule has 0 fully saturated rings. The molecular formula is C18H14ClNO. The molecule has 2 aromatic carbocycles. The number of carbonyl (C=O) groups excluding carboxylic acids is 1. The normalized spacial score (nSPS) is 10.8. The lowest BCUT2D eigenvalue weighted by Gasteiger charge is -2.07. The number of benzene rings is 2. The van der Waals surface area contributed by atoms with Crippen LogP contribution in [0, 0.1) is 6.92 Å². The van der Waals surface area contributed by atoms with Gasteiger partial charge in [0.2, 0.25) is 0 Å². The van der Waals surface area contributed by atoms with Crippen molar-refractivity contribution in [1.82, 2.24) is 4.98 Å². The van der Waals surface area contributed by atoms with Gasteiger partial charge in [0.1, 0.15) is 0 Å². The number of carbonyl (C=O) groups is 1. The fourth-order valence-electron chi connectivity index (χ4n) is 2.35. The first kappa shape index (κ1) is 13.8. The molecule has 3 aromatic rings. The van der Waals surface area contributed by atoms with Gasteiger partial charge in [0.05, 0.1) is 5.52 Å². The Morgan fingerprint density at radius 1 is 1.10 bits per heavy atom. The largest absolute Gasteiger partial charge is 0.294 e. The lowest BCUT2D eigenvalue weighted by Crippen LogP contribution is -2.05. The van der Waals surface area contributed by atoms with Crippen LogP contribution in [-0.4, -0.2) is 10.8 Å². The summed E-state index contributed by atoms with van der Waals surface area (Å²) < 4.78 is 0. The van der Waals surface area contributed by atoms with Crippen LogP contribution in [-0.2, 0) is 6.42 Å². The second-order valence-corrected chi connectivity index (χ2v) is 5.47.